The van der Waals surface area contributed by atoms with Crippen LogP contribution in [0.2, 0.25) is 0 Å². The van der Waals surface area contributed by atoms with Crippen LogP contribution in [0.4, 0.5) is 0 Å². The molecule has 0 aromatic heterocycles. The molecule has 1 saturated heterocycles. The maximum Gasteiger partial charge on any atom is 0.322 e. The van der Waals surface area contributed by atoms with E-state index in [1.54, 1.807) is 13.8 Å². The van der Waals surface area contributed by atoms with E-state index < -0.39 is 102 Å². The zero-order chi connectivity index (χ0) is 37.4. The first-order valence-corrected chi connectivity index (χ1v) is 16.1. The Hall–Kier alpha value is -4.81. The Kier molecular flexibility index (Phi) is 17.7. The van der Waals surface area contributed by atoms with Gasteiger partial charge in [0.1, 0.15) is 36.8 Å². The molecule has 1 rings (SSSR count). The zero-order valence-electron chi connectivity index (χ0n) is 28.6. The van der Waals surface area contributed by atoms with Gasteiger partial charge in [0.15, 0.2) is 0 Å². The molecule has 0 radical (unpaired) electrons. The Morgan fingerprint density at radius 2 is 1.43 bits per heavy atom. The zero-order valence-corrected chi connectivity index (χ0v) is 28.6. The second-order valence-corrected chi connectivity index (χ2v) is 12.6. The molecule has 0 bridgehead atoms. The van der Waals surface area contributed by atoms with Crippen LogP contribution in [-0.2, 0) is 43.2 Å². The number of primary amides is 1. The van der Waals surface area contributed by atoms with Crippen molar-refractivity contribution in [2.24, 2.45) is 23.3 Å². The summed E-state index contributed by atoms with van der Waals surface area (Å²) in [6.45, 7) is 7.11. The largest absolute Gasteiger partial charge is 0.480 e. The van der Waals surface area contributed by atoms with E-state index in [0.717, 1.165) is 0 Å². The quantitative estimate of drug-likeness (QED) is 0.0594. The van der Waals surface area contributed by atoms with E-state index in [1.807, 2.05) is 13.8 Å². The minimum atomic E-state index is -1.30. The van der Waals surface area contributed by atoms with Crippen LogP contribution < -0.4 is 43.4 Å². The Morgan fingerprint density at radius 1 is 0.796 bits per heavy atom. The predicted molar refractivity (Wildman–Crippen MR) is 174 cm³/mol. The fourth-order valence-electron chi connectivity index (χ4n) is 4.98. The lowest BCUT2D eigenvalue weighted by Crippen LogP contribution is -2.59. The minimum absolute atomic E-state index is 0.0874. The number of aliphatic carboxylic acids is 1. The molecule has 1 fully saturated rings. The summed E-state index contributed by atoms with van der Waals surface area (Å²) in [5, 5.41) is 23.6. The van der Waals surface area contributed by atoms with Gasteiger partial charge in [0.25, 0.3) is 0 Å². The fraction of sp³-hybridized carbons (Fsp3) is 0.700. The van der Waals surface area contributed by atoms with E-state index in [9.17, 15) is 43.2 Å². The Balaban J connectivity index is 3.03. The van der Waals surface area contributed by atoms with Crippen molar-refractivity contribution in [1.82, 2.24) is 36.8 Å². The number of likely N-dealkylation sites (tertiary alicyclic amines) is 1. The van der Waals surface area contributed by atoms with Crippen molar-refractivity contribution in [3.63, 3.8) is 0 Å². The third-order valence-electron chi connectivity index (χ3n) is 7.54. The second-order valence-electron chi connectivity index (χ2n) is 12.6. The second kappa shape index (κ2) is 20.5. The monoisotopic (exact) mass is 697 g/mol. The summed E-state index contributed by atoms with van der Waals surface area (Å²) >= 11 is 0. The summed E-state index contributed by atoms with van der Waals surface area (Å²) in [5.41, 5.74) is 10.5. The highest BCUT2D eigenvalue weighted by Crippen LogP contribution is 2.20. The summed E-state index contributed by atoms with van der Waals surface area (Å²) in [7, 11) is 0. The number of nitrogens with two attached hydrogens (primary N) is 2. The van der Waals surface area contributed by atoms with Crippen LogP contribution in [0.15, 0.2) is 0 Å². The smallest absolute Gasteiger partial charge is 0.322 e. The molecule has 5 atom stereocenters. The van der Waals surface area contributed by atoms with Gasteiger partial charge in [0.05, 0.1) is 13.1 Å². The van der Waals surface area contributed by atoms with E-state index in [2.05, 4.69) is 31.9 Å². The van der Waals surface area contributed by atoms with E-state index in [4.69, 9.17) is 16.6 Å². The molecule has 19 nitrogen and oxygen atoms in total. The molecule has 0 saturated carbocycles. The molecule has 0 unspecified atom stereocenters. The number of amides is 8. The van der Waals surface area contributed by atoms with E-state index in [1.165, 1.54) is 11.8 Å². The van der Waals surface area contributed by atoms with Crippen LogP contribution in [0.25, 0.3) is 0 Å². The average molecular weight is 698 g/mol. The number of carbonyl (C=O) groups excluding carboxylic acids is 8. The van der Waals surface area contributed by atoms with Gasteiger partial charge < -0.3 is 53.4 Å². The van der Waals surface area contributed by atoms with Gasteiger partial charge in [0.2, 0.25) is 47.3 Å². The van der Waals surface area contributed by atoms with Gasteiger partial charge in [-0.15, -0.1) is 0 Å². The standard InChI is InChI=1S/C30H51N9O10/c1-15(2)11-19(37-29(48)25(16(3)4)38-23(42)13-33-22(41)12-31)27(46)35-17(5)26(45)36-18(8-9-21(32)40)30(49)39-10-6-7-20(39)28(47)34-14-24(43)44/h15-20,25H,6-14,31H2,1-5H3,(H2,32,40)(H,33,41)(H,34,47)(H,35,46)(H,36,45)(H,37,48)(H,38,42)(H,43,44)/t17-,18-,19-,20-,25-/m0/s1. The fourth-order valence-corrected chi connectivity index (χ4v) is 4.98. The van der Waals surface area contributed by atoms with Gasteiger partial charge in [-0.3, -0.25) is 43.2 Å². The van der Waals surface area contributed by atoms with Crippen LogP contribution in [0.3, 0.4) is 0 Å². The molecule has 276 valence electrons. The van der Waals surface area contributed by atoms with Crippen molar-refractivity contribution < 1.29 is 48.3 Å². The summed E-state index contributed by atoms with van der Waals surface area (Å²) < 4.78 is 0. The third-order valence-corrected chi connectivity index (χ3v) is 7.54. The highest BCUT2D eigenvalue weighted by atomic mass is 16.4. The van der Waals surface area contributed by atoms with Gasteiger partial charge in [-0.05, 0) is 44.4 Å². The highest BCUT2D eigenvalue weighted by Gasteiger charge is 2.38. The normalized spacial score (nSPS) is 16.5. The van der Waals surface area contributed by atoms with Crippen LogP contribution in [0.5, 0.6) is 0 Å². The number of nitrogens with zero attached hydrogens (tertiary/aromatic N) is 1. The number of carboxylic acid groups (broad SMARTS) is 1. The summed E-state index contributed by atoms with van der Waals surface area (Å²) in [6, 6.07) is -5.71. The SMILES string of the molecule is CC(C)C[C@H](NC(=O)[C@@H](NC(=O)CNC(=O)CN)C(C)C)C(=O)N[C@@H](C)C(=O)N[C@@H](CCC(N)=O)C(=O)N1CCC[C@H]1C(=O)NCC(=O)O. The van der Waals surface area contributed by atoms with E-state index >= 15 is 0 Å². The molecule has 0 aromatic carbocycles. The molecule has 8 amide bonds. The number of carboxylic acids is 1. The molecular formula is C30H51N9O10. The molecule has 1 aliphatic rings. The molecule has 19 heteroatoms. The first-order valence-electron chi connectivity index (χ1n) is 16.1. The maximum atomic E-state index is 13.5. The van der Waals surface area contributed by atoms with Crippen molar-refractivity contribution in [1.29, 1.82) is 0 Å². The van der Waals surface area contributed by atoms with E-state index in [0.29, 0.717) is 6.42 Å². The van der Waals surface area contributed by atoms with Gasteiger partial charge in [-0.2, -0.15) is 0 Å². The van der Waals surface area contributed by atoms with Crippen molar-refractivity contribution >= 4 is 53.2 Å². The van der Waals surface area contributed by atoms with Gasteiger partial charge in [0, 0.05) is 13.0 Å². The number of hydrogen-bond acceptors (Lipinski definition) is 10. The maximum absolute atomic E-state index is 13.5. The average Bonchev–Trinajstić information content (AvgIpc) is 3.52. The van der Waals surface area contributed by atoms with Gasteiger partial charge >= 0.3 is 5.97 Å². The van der Waals surface area contributed by atoms with Gasteiger partial charge in [-0.25, -0.2) is 0 Å². The van der Waals surface area contributed by atoms with Crippen molar-refractivity contribution in [2.75, 3.05) is 26.2 Å². The molecule has 1 aliphatic heterocycles. The molecule has 1 heterocycles. The van der Waals surface area contributed by atoms with Crippen molar-refractivity contribution in [3.8, 4) is 0 Å². The first-order chi connectivity index (χ1) is 22.9. The first kappa shape index (κ1) is 42.2. The van der Waals surface area contributed by atoms with Crippen molar-refractivity contribution in [3.05, 3.63) is 0 Å². The lowest BCUT2D eigenvalue weighted by atomic mass is 9.99. The molecule has 49 heavy (non-hydrogen) atoms. The highest BCUT2D eigenvalue weighted by molar-refractivity contribution is 5.97. The number of carbonyl (C=O) groups is 9. The lowest BCUT2D eigenvalue weighted by Gasteiger charge is -2.29. The summed E-state index contributed by atoms with van der Waals surface area (Å²) in [6.07, 6.45) is 0.378. The molecule has 0 aliphatic carbocycles. The Labute approximate surface area is 284 Å². The number of hydrogen-bond donors (Lipinski definition) is 9. The number of rotatable bonds is 20. The summed E-state index contributed by atoms with van der Waals surface area (Å²) in [5.74, 6) is -7.26. The Bertz CT molecular complexity index is 1240. The van der Waals surface area contributed by atoms with Gasteiger partial charge in [-0.1, -0.05) is 27.7 Å². The third kappa shape index (κ3) is 14.9. The van der Waals surface area contributed by atoms with Crippen LogP contribution in [-0.4, -0.2) is 120 Å². The number of nitrogens with one attached hydrogen (secondary N) is 6. The molecule has 0 aromatic rings. The molecule has 0 spiro atoms. The minimum Gasteiger partial charge on any atom is -0.480 e. The topological polar surface area (TPSA) is 301 Å². The Morgan fingerprint density at radius 3 is 1.98 bits per heavy atom. The van der Waals surface area contributed by atoms with Crippen molar-refractivity contribution in [2.45, 2.75) is 96.9 Å². The lowest BCUT2D eigenvalue weighted by molar-refractivity contribution is -0.143. The van der Waals surface area contributed by atoms with Crippen LogP contribution in [0, 0.1) is 11.8 Å². The van der Waals surface area contributed by atoms with Crippen LogP contribution in [0.1, 0.15) is 66.7 Å². The molecular weight excluding hydrogens is 646 g/mol. The summed E-state index contributed by atoms with van der Waals surface area (Å²) in [4.78, 5) is 113. The van der Waals surface area contributed by atoms with Crippen LogP contribution >= 0.6 is 0 Å². The van der Waals surface area contributed by atoms with E-state index in [-0.39, 0.29) is 44.7 Å². The molecule has 11 N–H and O–H groups in total. The predicted octanol–water partition coefficient (Wildman–Crippen LogP) is -3.82.